The molecule has 0 aliphatic heterocycles. The quantitative estimate of drug-likeness (QED) is 0.797. The molecule has 1 unspecified atom stereocenters. The van der Waals surface area contributed by atoms with Crippen molar-refractivity contribution < 1.29 is 5.11 Å². The predicted octanol–water partition coefficient (Wildman–Crippen LogP) is 4.78. The second kappa shape index (κ2) is 6.47. The zero-order valence-electron chi connectivity index (χ0n) is 11.5. The summed E-state index contributed by atoms with van der Waals surface area (Å²) in [5.74, 6) is 1.46. The van der Waals surface area contributed by atoms with Gasteiger partial charge in [0.2, 0.25) is 0 Å². The predicted molar refractivity (Wildman–Crippen MR) is 85.2 cm³/mol. The van der Waals surface area contributed by atoms with E-state index in [0.717, 1.165) is 11.5 Å². The molecule has 0 spiro atoms. The van der Waals surface area contributed by atoms with Crippen molar-refractivity contribution in [3.05, 3.63) is 65.7 Å². The number of aliphatic hydroxyl groups excluding tert-OH is 1. The van der Waals surface area contributed by atoms with Crippen molar-refractivity contribution in [3.8, 4) is 0 Å². The van der Waals surface area contributed by atoms with Gasteiger partial charge in [-0.15, -0.1) is 11.8 Å². The van der Waals surface area contributed by atoms with Crippen molar-refractivity contribution in [2.45, 2.75) is 36.2 Å². The second-order valence-electron chi connectivity index (χ2n) is 5.43. The molecule has 0 aromatic heterocycles. The fourth-order valence-corrected chi connectivity index (χ4v) is 3.41. The molecule has 1 atom stereocenters. The van der Waals surface area contributed by atoms with Gasteiger partial charge in [0.05, 0.1) is 6.10 Å². The molecule has 1 aliphatic carbocycles. The summed E-state index contributed by atoms with van der Waals surface area (Å²) in [7, 11) is 0. The molecule has 1 aliphatic rings. The fourth-order valence-electron chi connectivity index (χ4n) is 2.52. The molecule has 2 aromatic carbocycles. The Morgan fingerprint density at radius 1 is 1.00 bits per heavy atom. The van der Waals surface area contributed by atoms with Crippen LogP contribution in [0.25, 0.3) is 0 Å². The van der Waals surface area contributed by atoms with E-state index in [2.05, 4.69) is 36.4 Å². The first-order chi connectivity index (χ1) is 9.83. The van der Waals surface area contributed by atoms with Crippen LogP contribution in [0.5, 0.6) is 0 Å². The molecule has 1 N–H and O–H groups in total. The summed E-state index contributed by atoms with van der Waals surface area (Å²) in [5, 5.41) is 10.3. The molecule has 0 saturated heterocycles. The van der Waals surface area contributed by atoms with Gasteiger partial charge < -0.3 is 5.11 Å². The number of hydrogen-bond donors (Lipinski definition) is 1. The van der Waals surface area contributed by atoms with Crippen LogP contribution in [0.3, 0.4) is 0 Å². The molecule has 0 radical (unpaired) electrons. The summed E-state index contributed by atoms with van der Waals surface area (Å²) in [6.07, 6.45) is 3.62. The second-order valence-corrected chi connectivity index (χ2v) is 6.53. The van der Waals surface area contributed by atoms with E-state index in [4.69, 9.17) is 0 Å². The summed E-state index contributed by atoms with van der Waals surface area (Å²) in [6, 6.07) is 18.8. The third kappa shape index (κ3) is 3.25. The monoisotopic (exact) mass is 284 g/mol. The van der Waals surface area contributed by atoms with E-state index >= 15 is 0 Å². The Bertz CT molecular complexity index is 531. The number of aliphatic hydroxyl groups is 1. The highest BCUT2D eigenvalue weighted by molar-refractivity contribution is 7.99. The van der Waals surface area contributed by atoms with E-state index in [1.54, 1.807) is 11.8 Å². The fraction of sp³-hybridized carbons (Fsp3) is 0.333. The highest BCUT2D eigenvalue weighted by Gasteiger charge is 2.19. The van der Waals surface area contributed by atoms with E-state index in [1.807, 2.05) is 18.2 Å². The summed E-state index contributed by atoms with van der Waals surface area (Å²) in [4.78, 5) is 1.21. The van der Waals surface area contributed by atoms with E-state index in [0.29, 0.717) is 5.75 Å². The smallest absolute Gasteiger partial charge is 0.0883 e. The number of thioether (sulfide) groups is 1. The van der Waals surface area contributed by atoms with Crippen molar-refractivity contribution in [1.82, 2.24) is 0 Å². The lowest BCUT2D eigenvalue weighted by molar-refractivity contribution is 0.204. The van der Waals surface area contributed by atoms with Crippen LogP contribution in [-0.4, -0.2) is 10.9 Å². The van der Waals surface area contributed by atoms with Crippen molar-refractivity contribution in [2.75, 3.05) is 5.75 Å². The van der Waals surface area contributed by atoms with Gasteiger partial charge in [-0.05, 0) is 42.0 Å². The minimum absolute atomic E-state index is 0.393. The molecule has 3 rings (SSSR count). The minimum Gasteiger partial charge on any atom is -0.388 e. The molecule has 1 nitrogen and oxygen atoms in total. The summed E-state index contributed by atoms with van der Waals surface area (Å²) < 4.78 is 0. The maximum absolute atomic E-state index is 10.3. The molecule has 0 amide bonds. The number of rotatable bonds is 5. The first kappa shape index (κ1) is 13.7. The maximum atomic E-state index is 10.3. The largest absolute Gasteiger partial charge is 0.388 e. The van der Waals surface area contributed by atoms with Crippen LogP contribution >= 0.6 is 11.8 Å². The number of hydrogen-bond acceptors (Lipinski definition) is 2. The highest BCUT2D eigenvalue weighted by Crippen LogP contribution is 2.36. The van der Waals surface area contributed by atoms with E-state index in [1.165, 1.54) is 29.7 Å². The van der Waals surface area contributed by atoms with Crippen molar-refractivity contribution in [1.29, 1.82) is 0 Å². The minimum atomic E-state index is -0.393. The Morgan fingerprint density at radius 2 is 1.70 bits per heavy atom. The Kier molecular flexibility index (Phi) is 4.44. The van der Waals surface area contributed by atoms with E-state index < -0.39 is 6.10 Å². The Morgan fingerprint density at radius 3 is 2.30 bits per heavy atom. The highest BCUT2D eigenvalue weighted by atomic mass is 32.2. The summed E-state index contributed by atoms with van der Waals surface area (Å²) in [5.41, 5.74) is 2.46. The third-order valence-electron chi connectivity index (χ3n) is 4.05. The average molecular weight is 284 g/mol. The SMILES string of the molecule is OC(CSc1ccccc1)c1ccc(C2CCC2)cc1. The van der Waals surface area contributed by atoms with Gasteiger partial charge in [0.1, 0.15) is 0 Å². The summed E-state index contributed by atoms with van der Waals surface area (Å²) in [6.45, 7) is 0. The van der Waals surface area contributed by atoms with Gasteiger partial charge in [0, 0.05) is 10.6 Å². The molecule has 2 aromatic rings. The molecule has 104 valence electrons. The van der Waals surface area contributed by atoms with Crippen molar-refractivity contribution in [3.63, 3.8) is 0 Å². The lowest BCUT2D eigenvalue weighted by atomic mass is 9.80. The van der Waals surface area contributed by atoms with Gasteiger partial charge in [-0.2, -0.15) is 0 Å². The molecule has 1 saturated carbocycles. The van der Waals surface area contributed by atoms with Crippen LogP contribution in [-0.2, 0) is 0 Å². The van der Waals surface area contributed by atoms with Crippen LogP contribution in [0.2, 0.25) is 0 Å². The molecular formula is C18H20OS. The molecule has 1 fully saturated rings. The average Bonchev–Trinajstić information content (AvgIpc) is 2.45. The molecule has 0 bridgehead atoms. The topological polar surface area (TPSA) is 20.2 Å². The van der Waals surface area contributed by atoms with Crippen molar-refractivity contribution >= 4 is 11.8 Å². The van der Waals surface area contributed by atoms with Gasteiger partial charge in [0.15, 0.2) is 0 Å². The first-order valence-electron chi connectivity index (χ1n) is 7.29. The van der Waals surface area contributed by atoms with Crippen molar-refractivity contribution in [2.24, 2.45) is 0 Å². The standard InChI is InChI=1S/C18H20OS/c19-18(13-20-17-7-2-1-3-8-17)16-11-9-15(10-12-16)14-5-4-6-14/h1-3,7-12,14,18-19H,4-6,13H2. The molecule has 2 heteroatoms. The maximum Gasteiger partial charge on any atom is 0.0883 e. The van der Waals surface area contributed by atoms with Crippen LogP contribution in [0.15, 0.2) is 59.5 Å². The first-order valence-corrected chi connectivity index (χ1v) is 8.27. The van der Waals surface area contributed by atoms with Gasteiger partial charge in [-0.1, -0.05) is 48.9 Å². The summed E-state index contributed by atoms with van der Waals surface area (Å²) >= 11 is 1.70. The van der Waals surface area contributed by atoms with Crippen LogP contribution in [0.4, 0.5) is 0 Å². The number of benzene rings is 2. The zero-order chi connectivity index (χ0) is 13.8. The van der Waals surface area contributed by atoms with E-state index in [9.17, 15) is 5.11 Å². The lowest BCUT2D eigenvalue weighted by Crippen LogP contribution is -2.09. The van der Waals surface area contributed by atoms with Crippen LogP contribution in [0, 0.1) is 0 Å². The van der Waals surface area contributed by atoms with Gasteiger partial charge >= 0.3 is 0 Å². The Balaban J connectivity index is 1.57. The Hall–Kier alpha value is -1.25. The zero-order valence-corrected chi connectivity index (χ0v) is 12.4. The molecule has 0 heterocycles. The van der Waals surface area contributed by atoms with Gasteiger partial charge in [-0.3, -0.25) is 0 Å². The normalized spacial score (nSPS) is 16.6. The molecule has 20 heavy (non-hydrogen) atoms. The van der Waals surface area contributed by atoms with E-state index in [-0.39, 0.29) is 0 Å². The third-order valence-corrected chi connectivity index (χ3v) is 5.14. The van der Waals surface area contributed by atoms with Crippen LogP contribution in [0.1, 0.15) is 42.4 Å². The van der Waals surface area contributed by atoms with Gasteiger partial charge in [-0.25, -0.2) is 0 Å². The molecular weight excluding hydrogens is 264 g/mol. The van der Waals surface area contributed by atoms with Crippen LogP contribution < -0.4 is 0 Å². The lowest BCUT2D eigenvalue weighted by Gasteiger charge is -2.26. The Labute approximate surface area is 125 Å². The van der Waals surface area contributed by atoms with Gasteiger partial charge in [0.25, 0.3) is 0 Å².